The van der Waals surface area contributed by atoms with E-state index >= 15 is 0 Å². The van der Waals surface area contributed by atoms with Crippen LogP contribution in [0.1, 0.15) is 33.6 Å². The average molecular weight is 278 g/mol. The number of pyridine rings is 1. The molecular formula is C15H26N4O. The van der Waals surface area contributed by atoms with Crippen LogP contribution in [-0.2, 0) is 4.79 Å². The monoisotopic (exact) mass is 278 g/mol. The molecule has 5 nitrogen and oxygen atoms in total. The Labute approximate surface area is 121 Å². The van der Waals surface area contributed by atoms with Crippen molar-refractivity contribution in [1.29, 1.82) is 0 Å². The number of carbonyl (C=O) groups excluding carboxylic acids is 1. The fourth-order valence-electron chi connectivity index (χ4n) is 2.14. The van der Waals surface area contributed by atoms with E-state index in [0.29, 0.717) is 6.54 Å². The van der Waals surface area contributed by atoms with Crippen molar-refractivity contribution in [3.63, 3.8) is 0 Å². The van der Waals surface area contributed by atoms with Gasteiger partial charge in [-0.1, -0.05) is 13.3 Å². The van der Waals surface area contributed by atoms with Gasteiger partial charge in [0.1, 0.15) is 5.82 Å². The highest BCUT2D eigenvalue weighted by atomic mass is 16.1. The first kappa shape index (κ1) is 16.4. The average Bonchev–Trinajstić information content (AvgIpc) is 2.47. The zero-order valence-corrected chi connectivity index (χ0v) is 12.7. The van der Waals surface area contributed by atoms with Gasteiger partial charge in [-0.05, 0) is 32.4 Å². The first-order chi connectivity index (χ1) is 9.65. The second kappa shape index (κ2) is 8.53. The minimum absolute atomic E-state index is 0.0215. The molecule has 0 aromatic carbocycles. The number of hydrogen-bond acceptors (Lipinski definition) is 4. The number of nitrogens with one attached hydrogen (secondary N) is 1. The second-order valence-corrected chi connectivity index (χ2v) is 4.79. The van der Waals surface area contributed by atoms with Crippen LogP contribution in [0, 0.1) is 5.92 Å². The fraction of sp³-hybridized carbons (Fsp3) is 0.600. The molecule has 112 valence electrons. The van der Waals surface area contributed by atoms with E-state index in [2.05, 4.69) is 36.0 Å². The van der Waals surface area contributed by atoms with Gasteiger partial charge in [0.05, 0.1) is 17.8 Å². The van der Waals surface area contributed by atoms with Gasteiger partial charge in [-0.3, -0.25) is 4.79 Å². The zero-order chi connectivity index (χ0) is 15.0. The summed E-state index contributed by atoms with van der Waals surface area (Å²) in [6.07, 6.45) is 3.47. The Morgan fingerprint density at radius 1 is 1.35 bits per heavy atom. The fourth-order valence-corrected chi connectivity index (χ4v) is 2.14. The molecule has 1 aromatic heterocycles. The predicted octanol–water partition coefficient (Wildman–Crippen LogP) is 2.24. The Hall–Kier alpha value is -1.62. The molecule has 0 radical (unpaired) electrons. The van der Waals surface area contributed by atoms with E-state index in [1.807, 2.05) is 12.1 Å². The van der Waals surface area contributed by atoms with Crippen molar-refractivity contribution in [1.82, 2.24) is 4.98 Å². The van der Waals surface area contributed by atoms with Gasteiger partial charge in [0.2, 0.25) is 5.91 Å². The summed E-state index contributed by atoms with van der Waals surface area (Å²) in [5, 5.41) is 2.88. The van der Waals surface area contributed by atoms with E-state index in [-0.39, 0.29) is 11.8 Å². The molecule has 1 heterocycles. The molecular weight excluding hydrogens is 252 g/mol. The van der Waals surface area contributed by atoms with Gasteiger partial charge < -0.3 is 16.0 Å². The first-order valence-electron chi connectivity index (χ1n) is 7.38. The van der Waals surface area contributed by atoms with Crippen LogP contribution in [0.3, 0.4) is 0 Å². The number of carbonyl (C=O) groups is 1. The summed E-state index contributed by atoms with van der Waals surface area (Å²) in [5.41, 5.74) is 6.35. The van der Waals surface area contributed by atoms with E-state index in [1.54, 1.807) is 6.20 Å². The number of aromatic nitrogens is 1. The van der Waals surface area contributed by atoms with Gasteiger partial charge in [0, 0.05) is 19.6 Å². The Bertz CT molecular complexity index is 401. The van der Waals surface area contributed by atoms with Gasteiger partial charge in [-0.2, -0.15) is 0 Å². The molecule has 0 aliphatic carbocycles. The van der Waals surface area contributed by atoms with E-state index in [1.165, 1.54) is 0 Å². The lowest BCUT2D eigenvalue weighted by molar-refractivity contribution is -0.119. The lowest BCUT2D eigenvalue weighted by Crippen LogP contribution is -2.29. The van der Waals surface area contributed by atoms with Crippen molar-refractivity contribution in [3.8, 4) is 0 Å². The van der Waals surface area contributed by atoms with Crippen molar-refractivity contribution in [2.24, 2.45) is 11.7 Å². The Morgan fingerprint density at radius 2 is 2.05 bits per heavy atom. The molecule has 0 fully saturated rings. The Balaban J connectivity index is 2.67. The molecule has 3 N–H and O–H groups in total. The SMILES string of the molecule is CCCC(CN)C(=O)Nc1ccc(N(CC)CC)nc1. The van der Waals surface area contributed by atoms with E-state index in [0.717, 1.165) is 37.4 Å². The summed E-state index contributed by atoms with van der Waals surface area (Å²) < 4.78 is 0. The van der Waals surface area contributed by atoms with Crippen molar-refractivity contribution in [2.75, 3.05) is 29.9 Å². The van der Waals surface area contributed by atoms with Crippen molar-refractivity contribution < 1.29 is 4.79 Å². The van der Waals surface area contributed by atoms with Crippen LogP contribution >= 0.6 is 0 Å². The molecule has 0 spiro atoms. The highest BCUT2D eigenvalue weighted by Crippen LogP contribution is 2.15. The highest BCUT2D eigenvalue weighted by molar-refractivity contribution is 5.92. The standard InChI is InChI=1S/C15H26N4O/c1-4-7-12(10-16)15(20)18-13-8-9-14(17-11-13)19(5-2)6-3/h8-9,11-12H,4-7,10,16H2,1-3H3,(H,18,20). The third kappa shape index (κ3) is 4.49. The summed E-state index contributed by atoms with van der Waals surface area (Å²) in [4.78, 5) is 18.6. The molecule has 0 aliphatic rings. The lowest BCUT2D eigenvalue weighted by Gasteiger charge is -2.20. The maximum absolute atomic E-state index is 12.0. The number of anilines is 2. The van der Waals surface area contributed by atoms with Crippen LogP contribution in [0.4, 0.5) is 11.5 Å². The molecule has 0 bridgehead atoms. The van der Waals surface area contributed by atoms with E-state index in [4.69, 9.17) is 5.73 Å². The van der Waals surface area contributed by atoms with Crippen molar-refractivity contribution in [2.45, 2.75) is 33.6 Å². The van der Waals surface area contributed by atoms with Crippen LogP contribution in [0.2, 0.25) is 0 Å². The van der Waals surface area contributed by atoms with Crippen molar-refractivity contribution >= 4 is 17.4 Å². The van der Waals surface area contributed by atoms with Gasteiger partial charge in [0.15, 0.2) is 0 Å². The first-order valence-corrected chi connectivity index (χ1v) is 7.38. The normalized spacial score (nSPS) is 12.0. The Morgan fingerprint density at radius 3 is 2.50 bits per heavy atom. The minimum atomic E-state index is -0.123. The lowest BCUT2D eigenvalue weighted by atomic mass is 10.0. The molecule has 20 heavy (non-hydrogen) atoms. The molecule has 1 rings (SSSR count). The quantitative estimate of drug-likeness (QED) is 0.765. The smallest absolute Gasteiger partial charge is 0.228 e. The van der Waals surface area contributed by atoms with Crippen molar-refractivity contribution in [3.05, 3.63) is 18.3 Å². The van der Waals surface area contributed by atoms with Crippen LogP contribution in [0.15, 0.2) is 18.3 Å². The largest absolute Gasteiger partial charge is 0.357 e. The Kier molecular flexibility index (Phi) is 7.01. The van der Waals surface area contributed by atoms with Crippen LogP contribution in [-0.4, -0.2) is 30.5 Å². The number of hydrogen-bond donors (Lipinski definition) is 2. The number of nitrogens with zero attached hydrogens (tertiary/aromatic N) is 2. The molecule has 0 saturated heterocycles. The maximum Gasteiger partial charge on any atom is 0.228 e. The minimum Gasteiger partial charge on any atom is -0.357 e. The second-order valence-electron chi connectivity index (χ2n) is 4.79. The van der Waals surface area contributed by atoms with E-state index in [9.17, 15) is 4.79 Å². The molecule has 1 aromatic rings. The highest BCUT2D eigenvalue weighted by Gasteiger charge is 2.15. The summed E-state index contributed by atoms with van der Waals surface area (Å²) in [6, 6.07) is 3.82. The van der Waals surface area contributed by atoms with Gasteiger partial charge in [-0.25, -0.2) is 4.98 Å². The van der Waals surface area contributed by atoms with Crippen LogP contribution in [0.5, 0.6) is 0 Å². The van der Waals surface area contributed by atoms with Gasteiger partial charge >= 0.3 is 0 Å². The van der Waals surface area contributed by atoms with Gasteiger partial charge in [0.25, 0.3) is 0 Å². The zero-order valence-electron chi connectivity index (χ0n) is 12.7. The maximum atomic E-state index is 12.0. The topological polar surface area (TPSA) is 71.2 Å². The number of amides is 1. The van der Waals surface area contributed by atoms with E-state index < -0.39 is 0 Å². The number of rotatable bonds is 8. The molecule has 5 heteroatoms. The number of nitrogens with two attached hydrogens (primary N) is 1. The third-order valence-corrected chi connectivity index (χ3v) is 3.40. The molecule has 1 amide bonds. The third-order valence-electron chi connectivity index (χ3n) is 3.40. The van der Waals surface area contributed by atoms with Crippen LogP contribution < -0.4 is 16.0 Å². The summed E-state index contributed by atoms with van der Waals surface area (Å²) in [6.45, 7) is 8.46. The van der Waals surface area contributed by atoms with Crippen LogP contribution in [0.25, 0.3) is 0 Å². The summed E-state index contributed by atoms with van der Waals surface area (Å²) >= 11 is 0. The molecule has 0 saturated carbocycles. The van der Waals surface area contributed by atoms with Gasteiger partial charge in [-0.15, -0.1) is 0 Å². The molecule has 1 atom stereocenters. The molecule has 0 aliphatic heterocycles. The summed E-state index contributed by atoms with van der Waals surface area (Å²) in [7, 11) is 0. The molecule has 1 unspecified atom stereocenters. The predicted molar refractivity (Wildman–Crippen MR) is 83.9 cm³/mol. The summed E-state index contributed by atoms with van der Waals surface area (Å²) in [5.74, 6) is 0.783.